The topological polar surface area (TPSA) is 38.1 Å². The van der Waals surface area contributed by atoms with Gasteiger partial charge in [-0.1, -0.05) is 180 Å². The summed E-state index contributed by atoms with van der Waals surface area (Å²) in [5, 5.41) is 12.4. The zero-order chi connectivity index (χ0) is 49.2. The van der Waals surface area contributed by atoms with Crippen LogP contribution in [0.4, 0.5) is 0 Å². The van der Waals surface area contributed by atoms with Crippen molar-refractivity contribution < 1.29 is 30.3 Å². The Kier molecular flexibility index (Phi) is 12.3. The molecule has 0 saturated carbocycles. The van der Waals surface area contributed by atoms with E-state index < -0.39 is 6.85 Å². The molecule has 0 spiro atoms. The van der Waals surface area contributed by atoms with Crippen LogP contribution in [-0.2, 0) is 37.3 Å². The number of phenolic OH excluding ortho intramolecular Hbond substituents is 1. The van der Waals surface area contributed by atoms with Gasteiger partial charge in [0.2, 0.25) is 0 Å². The summed E-state index contributed by atoms with van der Waals surface area (Å²) in [4.78, 5) is 5.68. The van der Waals surface area contributed by atoms with Gasteiger partial charge in [-0.15, -0.1) is 28.8 Å². The van der Waals surface area contributed by atoms with Crippen LogP contribution in [0.3, 0.4) is 0 Å². The van der Waals surface area contributed by atoms with Crippen molar-refractivity contribution in [1.29, 1.82) is 0 Å². The summed E-state index contributed by atoms with van der Waals surface area (Å²) in [6, 6.07) is 51.4. The number of imidazole rings is 1. The number of rotatable bonds is 8. The molecule has 4 heteroatoms. The molecular formula is C62H66N2OPt. The first-order valence-electron chi connectivity index (χ1n) is 24.7. The molecule has 3 nitrogen and oxygen atoms in total. The van der Waals surface area contributed by atoms with E-state index in [1.807, 2.05) is 24.3 Å². The Bertz CT molecular complexity index is 3150. The van der Waals surface area contributed by atoms with Crippen LogP contribution in [0, 0.1) is 19.0 Å². The van der Waals surface area contributed by atoms with E-state index in [0.717, 1.165) is 77.9 Å². The van der Waals surface area contributed by atoms with Crippen LogP contribution < -0.4 is 0 Å². The zero-order valence-electron chi connectivity index (χ0n) is 43.9. The molecule has 0 aliphatic carbocycles. The molecule has 0 unspecified atom stereocenters. The van der Waals surface area contributed by atoms with Crippen LogP contribution in [0.5, 0.6) is 5.75 Å². The molecule has 0 amide bonds. The SMILES string of the molecule is [2H]C([2H])([2H])c1ccc(-c2cc[c-]c(-c3[c-]c(-c4cccc5c4nc(-c4cc(C(C)C)cc(C(C)C)c4O)n5-c4cc(C(C)(C)C)ccc4-c4ccc(C(C)(C)C)cc4)cc(C(C)(C)C)c3)c2)cc1.[Pt+2]. The van der Waals surface area contributed by atoms with Gasteiger partial charge in [-0.2, -0.15) is 35.9 Å². The van der Waals surface area contributed by atoms with E-state index in [-0.39, 0.29) is 54.9 Å². The average Bonchev–Trinajstić information content (AvgIpc) is 3.67. The first-order valence-corrected chi connectivity index (χ1v) is 23.2. The maximum atomic E-state index is 12.4. The zero-order valence-corrected chi connectivity index (χ0v) is 43.2. The van der Waals surface area contributed by atoms with Crippen molar-refractivity contribution in [1.82, 2.24) is 9.55 Å². The maximum absolute atomic E-state index is 12.4. The van der Waals surface area contributed by atoms with E-state index >= 15 is 0 Å². The van der Waals surface area contributed by atoms with Crippen molar-refractivity contribution in [2.45, 2.75) is 125 Å². The third-order valence-electron chi connectivity index (χ3n) is 12.9. The van der Waals surface area contributed by atoms with Crippen molar-refractivity contribution in [3.05, 3.63) is 173 Å². The van der Waals surface area contributed by atoms with Crippen LogP contribution in [0.15, 0.2) is 127 Å². The summed E-state index contributed by atoms with van der Waals surface area (Å²) < 4.78 is 25.9. The van der Waals surface area contributed by atoms with E-state index in [9.17, 15) is 5.11 Å². The summed E-state index contributed by atoms with van der Waals surface area (Å²) in [5.74, 6) is 1.22. The number of aromatic hydroxyl groups is 1. The smallest absolute Gasteiger partial charge is 0.507 e. The quantitative estimate of drug-likeness (QED) is 0.154. The monoisotopic (exact) mass is 1050 g/mol. The molecule has 0 saturated heterocycles. The van der Waals surface area contributed by atoms with Gasteiger partial charge < -0.3 is 5.11 Å². The molecule has 7 aromatic carbocycles. The minimum Gasteiger partial charge on any atom is -0.507 e. The molecule has 0 fully saturated rings. The Morgan fingerprint density at radius 1 is 0.576 bits per heavy atom. The van der Waals surface area contributed by atoms with E-state index in [4.69, 9.17) is 9.10 Å². The molecule has 0 atom stereocenters. The predicted octanol–water partition coefficient (Wildman–Crippen LogP) is 17.1. The fourth-order valence-electron chi connectivity index (χ4n) is 8.70. The Hall–Kier alpha value is -5.50. The summed E-state index contributed by atoms with van der Waals surface area (Å²) in [6.07, 6.45) is 0. The maximum Gasteiger partial charge on any atom is 2.00 e. The van der Waals surface area contributed by atoms with Crippen molar-refractivity contribution in [3.63, 3.8) is 0 Å². The van der Waals surface area contributed by atoms with Gasteiger partial charge >= 0.3 is 21.1 Å². The number of aromatic nitrogens is 2. The van der Waals surface area contributed by atoms with Crippen molar-refractivity contribution in [2.24, 2.45) is 0 Å². The molecule has 1 heterocycles. The van der Waals surface area contributed by atoms with Crippen LogP contribution in [-0.4, -0.2) is 14.7 Å². The van der Waals surface area contributed by atoms with Gasteiger partial charge in [0, 0.05) is 9.68 Å². The van der Waals surface area contributed by atoms with E-state index in [0.29, 0.717) is 17.0 Å². The first-order chi connectivity index (χ1) is 31.8. The van der Waals surface area contributed by atoms with Crippen LogP contribution in [0.2, 0.25) is 0 Å². The molecule has 0 radical (unpaired) electrons. The van der Waals surface area contributed by atoms with Gasteiger partial charge in [0.25, 0.3) is 0 Å². The minimum atomic E-state index is -2.17. The molecular weight excluding hydrogens is 984 g/mol. The van der Waals surface area contributed by atoms with Gasteiger partial charge in [-0.3, -0.25) is 4.57 Å². The number of nitrogens with zero attached hydrogens (tertiary/aromatic N) is 2. The first kappa shape index (κ1) is 44.3. The molecule has 8 rings (SSSR count). The number of phenols is 1. The summed E-state index contributed by atoms with van der Waals surface area (Å²) in [6.45, 7) is 26.7. The second kappa shape index (κ2) is 18.3. The van der Waals surface area contributed by atoms with E-state index in [1.54, 1.807) is 12.1 Å². The van der Waals surface area contributed by atoms with Crippen molar-refractivity contribution >= 4 is 11.0 Å². The number of hydrogen-bond acceptors (Lipinski definition) is 2. The average molecular weight is 1050 g/mol. The predicted molar refractivity (Wildman–Crippen MR) is 277 cm³/mol. The third-order valence-corrected chi connectivity index (χ3v) is 12.9. The molecule has 340 valence electrons. The number of aryl methyl sites for hydroxylation is 1. The second-order valence-electron chi connectivity index (χ2n) is 21.6. The molecule has 1 N–H and O–H groups in total. The number of benzene rings is 7. The van der Waals surface area contributed by atoms with Crippen molar-refractivity contribution in [2.75, 3.05) is 0 Å². The molecule has 0 aliphatic rings. The Morgan fingerprint density at radius 2 is 1.21 bits per heavy atom. The molecule has 1 aromatic heterocycles. The Balaban J connectivity index is 0.00000703. The van der Waals surface area contributed by atoms with Crippen LogP contribution in [0.1, 0.15) is 139 Å². The summed E-state index contributed by atoms with van der Waals surface area (Å²) in [7, 11) is 0. The van der Waals surface area contributed by atoms with Gasteiger partial charge in [0.1, 0.15) is 11.6 Å². The van der Waals surface area contributed by atoms with Gasteiger partial charge in [0.05, 0.1) is 22.3 Å². The normalized spacial score (nSPS) is 13.2. The van der Waals surface area contributed by atoms with Crippen LogP contribution >= 0.6 is 0 Å². The Morgan fingerprint density at radius 3 is 1.83 bits per heavy atom. The summed E-state index contributed by atoms with van der Waals surface area (Å²) in [5.41, 5.74) is 16.7. The fraction of sp³-hybridized carbons (Fsp3) is 0.306. The third kappa shape index (κ3) is 9.66. The second-order valence-corrected chi connectivity index (χ2v) is 21.6. The standard InChI is InChI=1S/C62H66N2O.Pt/c1-38(2)45-35-53(39(3)4)58(65)54(36-45)59-63-57-52(47-32-46(33-50(34-47)62(12,13)14)44-18-15-17-43(31-44)41-23-21-40(5)22-24-41)19-16-20-55(57)64(59)56-37-49(61(9,10)11)29-30-51(56)42-25-27-48(28-26-42)60(6,7)8;/h15-17,19-31,33-39,65H,1-14H3;/q-2;+2/i5D3;. The van der Waals surface area contributed by atoms with Gasteiger partial charge in [-0.05, 0) is 86.5 Å². The number of hydrogen-bond donors (Lipinski definition) is 1. The minimum absolute atomic E-state index is 0. The summed E-state index contributed by atoms with van der Waals surface area (Å²) >= 11 is 0. The van der Waals surface area contributed by atoms with Gasteiger partial charge in [-0.25, -0.2) is 10.5 Å². The fourth-order valence-corrected chi connectivity index (χ4v) is 8.70. The van der Waals surface area contributed by atoms with Crippen LogP contribution in [0.25, 0.3) is 72.6 Å². The molecule has 0 aliphatic heterocycles. The number of para-hydroxylation sites is 1. The van der Waals surface area contributed by atoms with Crippen molar-refractivity contribution in [3.8, 4) is 67.3 Å². The van der Waals surface area contributed by atoms with E-state index in [1.165, 1.54) is 11.1 Å². The Labute approximate surface area is 413 Å². The largest absolute Gasteiger partial charge is 2.00 e. The van der Waals surface area contributed by atoms with E-state index in [2.05, 4.69) is 198 Å². The molecule has 66 heavy (non-hydrogen) atoms. The molecule has 8 aromatic rings. The number of fused-ring (bicyclic) bond motifs is 1. The molecule has 0 bridgehead atoms. The van der Waals surface area contributed by atoms with Gasteiger partial charge in [0.15, 0.2) is 0 Å².